The van der Waals surface area contributed by atoms with Crippen LogP contribution >= 0.6 is 0 Å². The van der Waals surface area contributed by atoms with Gasteiger partial charge >= 0.3 is 0 Å². The molecule has 0 atom stereocenters. The van der Waals surface area contributed by atoms with Crippen LogP contribution in [-0.4, -0.2) is 54.8 Å². The van der Waals surface area contributed by atoms with E-state index in [0.717, 1.165) is 41.9 Å². The van der Waals surface area contributed by atoms with Gasteiger partial charge in [-0.2, -0.15) is 10.5 Å². The zero-order valence-corrected chi connectivity index (χ0v) is 13.9. The number of nitrogens with zero attached hydrogens (tertiary/aromatic N) is 4. The quantitative estimate of drug-likeness (QED) is 0.601. The number of quaternary nitrogens is 1. The molecule has 0 saturated heterocycles. The van der Waals surface area contributed by atoms with Crippen LogP contribution in [0.3, 0.4) is 0 Å². The van der Waals surface area contributed by atoms with Crippen LogP contribution in [0.1, 0.15) is 20.3 Å². The molecule has 1 N–H and O–H groups in total. The highest BCUT2D eigenvalue weighted by Crippen LogP contribution is 2.24. The average molecular weight is 301 g/mol. The van der Waals surface area contributed by atoms with Crippen molar-refractivity contribution < 1.29 is 9.59 Å². The van der Waals surface area contributed by atoms with Gasteiger partial charge in [0.05, 0.1) is 27.2 Å². The second-order valence-corrected chi connectivity index (χ2v) is 6.24. The maximum absolute atomic E-state index is 9.06. The summed E-state index contributed by atoms with van der Waals surface area (Å²) in [7, 11) is 4.23. The molecule has 1 heterocycles. The minimum absolute atomic E-state index is 0.152. The highest BCUT2D eigenvalue weighted by atomic mass is 16.3. The smallest absolute Gasteiger partial charge is 0.137 e. The standard InChI is InChI=1S/C17H25N4O/c1-14-10-16(17(12-18)13-19)11-15(2)20(14)6-5-7-21(3,4)8-9-22/h10-11,22H,5-9H2,1-4H3/q+1. The zero-order chi connectivity index (χ0) is 16.8. The third kappa shape index (κ3) is 4.73. The molecule has 5 heteroatoms. The third-order valence-electron chi connectivity index (χ3n) is 3.94. The van der Waals surface area contributed by atoms with Gasteiger partial charge in [0.25, 0.3) is 0 Å². The summed E-state index contributed by atoms with van der Waals surface area (Å²) >= 11 is 0. The van der Waals surface area contributed by atoms with Crippen molar-refractivity contribution in [1.29, 1.82) is 10.5 Å². The molecule has 0 unspecified atom stereocenters. The molecule has 0 aromatic carbocycles. The normalized spacial score (nSPS) is 14.9. The van der Waals surface area contributed by atoms with Crippen molar-refractivity contribution in [2.45, 2.75) is 20.3 Å². The van der Waals surface area contributed by atoms with Crippen molar-refractivity contribution in [3.05, 3.63) is 34.7 Å². The van der Waals surface area contributed by atoms with Gasteiger partial charge in [-0.1, -0.05) is 0 Å². The van der Waals surface area contributed by atoms with Gasteiger partial charge in [-0.15, -0.1) is 0 Å². The number of allylic oxidation sites excluding steroid dienone is 6. The van der Waals surface area contributed by atoms with Gasteiger partial charge in [0, 0.05) is 29.9 Å². The molecule has 5 nitrogen and oxygen atoms in total. The Bertz CT molecular complexity index is 547. The van der Waals surface area contributed by atoms with Crippen LogP contribution in [0.4, 0.5) is 0 Å². The third-order valence-corrected chi connectivity index (χ3v) is 3.94. The lowest BCUT2D eigenvalue weighted by Gasteiger charge is -2.33. The molecule has 0 bridgehead atoms. The first kappa shape index (κ1) is 18.0. The number of rotatable bonds is 6. The van der Waals surface area contributed by atoms with E-state index in [1.807, 2.05) is 38.1 Å². The molecule has 0 aromatic rings. The second-order valence-electron chi connectivity index (χ2n) is 6.24. The molecule has 1 rings (SSSR count). The largest absolute Gasteiger partial charge is 0.391 e. The van der Waals surface area contributed by atoms with Crippen molar-refractivity contribution in [3.8, 4) is 12.1 Å². The Morgan fingerprint density at radius 3 is 2.14 bits per heavy atom. The van der Waals surface area contributed by atoms with E-state index in [4.69, 9.17) is 15.6 Å². The van der Waals surface area contributed by atoms with E-state index in [1.165, 1.54) is 0 Å². The van der Waals surface area contributed by atoms with Crippen LogP contribution in [0.15, 0.2) is 34.7 Å². The number of hydrogen-bond donors (Lipinski definition) is 1. The van der Waals surface area contributed by atoms with Gasteiger partial charge in [-0.25, -0.2) is 0 Å². The molecule has 1 aliphatic rings. The Balaban J connectivity index is 2.75. The molecule has 0 aromatic heterocycles. The molecular weight excluding hydrogens is 276 g/mol. The van der Waals surface area contributed by atoms with Crippen molar-refractivity contribution in [1.82, 2.24) is 4.90 Å². The minimum Gasteiger partial charge on any atom is -0.391 e. The van der Waals surface area contributed by atoms with Crippen LogP contribution in [0, 0.1) is 22.7 Å². The fraction of sp³-hybridized carbons (Fsp3) is 0.529. The number of nitriles is 2. The predicted octanol–water partition coefficient (Wildman–Crippen LogP) is 1.91. The average Bonchev–Trinajstić information content (AvgIpc) is 2.43. The fourth-order valence-corrected chi connectivity index (χ4v) is 2.62. The summed E-state index contributed by atoms with van der Waals surface area (Å²) in [5, 5.41) is 27.0. The number of aliphatic hydroxyl groups is 1. The zero-order valence-electron chi connectivity index (χ0n) is 13.9. The highest BCUT2D eigenvalue weighted by Gasteiger charge is 2.18. The Morgan fingerprint density at radius 1 is 1.14 bits per heavy atom. The van der Waals surface area contributed by atoms with E-state index < -0.39 is 0 Å². The summed E-state index contributed by atoms with van der Waals surface area (Å²) in [6.45, 7) is 6.83. The summed E-state index contributed by atoms with van der Waals surface area (Å²) in [4.78, 5) is 2.20. The van der Waals surface area contributed by atoms with Gasteiger partial charge in [-0.05, 0) is 26.0 Å². The number of aliphatic hydroxyl groups excluding tert-OH is 1. The number of hydrogen-bond acceptors (Lipinski definition) is 4. The van der Waals surface area contributed by atoms with Gasteiger partial charge in [0.15, 0.2) is 0 Å². The second kappa shape index (κ2) is 7.79. The highest BCUT2D eigenvalue weighted by molar-refractivity contribution is 5.53. The molecule has 1 aliphatic heterocycles. The Hall–Kier alpha value is -2.08. The lowest BCUT2D eigenvalue weighted by atomic mass is 10.0. The van der Waals surface area contributed by atoms with Gasteiger partial charge in [-0.3, -0.25) is 0 Å². The van der Waals surface area contributed by atoms with E-state index >= 15 is 0 Å². The van der Waals surface area contributed by atoms with E-state index in [0.29, 0.717) is 5.57 Å². The monoisotopic (exact) mass is 301 g/mol. The lowest BCUT2D eigenvalue weighted by Crippen LogP contribution is -2.43. The van der Waals surface area contributed by atoms with Gasteiger partial charge in [0.1, 0.15) is 24.3 Å². The van der Waals surface area contributed by atoms with Crippen molar-refractivity contribution >= 4 is 0 Å². The Kier molecular flexibility index (Phi) is 6.37. The maximum Gasteiger partial charge on any atom is 0.137 e. The van der Waals surface area contributed by atoms with E-state index in [2.05, 4.69) is 19.0 Å². The summed E-state index contributed by atoms with van der Waals surface area (Å²) < 4.78 is 0.800. The summed E-state index contributed by atoms with van der Waals surface area (Å²) in [5.41, 5.74) is 2.93. The predicted molar refractivity (Wildman–Crippen MR) is 86.0 cm³/mol. The van der Waals surface area contributed by atoms with E-state index in [9.17, 15) is 0 Å². The summed E-state index contributed by atoms with van der Waals surface area (Å²) in [6, 6.07) is 3.88. The van der Waals surface area contributed by atoms with Crippen LogP contribution in [0.2, 0.25) is 0 Å². The molecule has 0 amide bonds. The topological polar surface area (TPSA) is 71.0 Å². The molecule has 0 aliphatic carbocycles. The van der Waals surface area contributed by atoms with E-state index in [1.54, 1.807) is 0 Å². The molecule has 0 spiro atoms. The Labute approximate surface area is 133 Å². The molecular formula is C17H25N4O+. The van der Waals surface area contributed by atoms with Crippen LogP contribution in [-0.2, 0) is 0 Å². The minimum atomic E-state index is 0.152. The molecule has 22 heavy (non-hydrogen) atoms. The van der Waals surface area contributed by atoms with Crippen LogP contribution in [0.25, 0.3) is 0 Å². The maximum atomic E-state index is 9.06. The SMILES string of the molecule is CC1=CC(=C(C#N)C#N)C=C(C)N1CCC[N+](C)(C)CCO. The Morgan fingerprint density at radius 2 is 1.68 bits per heavy atom. The molecule has 0 fully saturated rings. The van der Waals surface area contributed by atoms with Crippen molar-refractivity contribution in [3.63, 3.8) is 0 Å². The van der Waals surface area contributed by atoms with Crippen molar-refractivity contribution in [2.75, 3.05) is 40.3 Å². The molecule has 0 radical (unpaired) electrons. The molecule has 118 valence electrons. The van der Waals surface area contributed by atoms with Gasteiger partial charge < -0.3 is 14.5 Å². The van der Waals surface area contributed by atoms with Crippen LogP contribution in [0.5, 0.6) is 0 Å². The van der Waals surface area contributed by atoms with E-state index in [-0.39, 0.29) is 12.2 Å². The van der Waals surface area contributed by atoms with Crippen molar-refractivity contribution in [2.24, 2.45) is 0 Å². The van der Waals surface area contributed by atoms with Gasteiger partial charge in [0.2, 0.25) is 0 Å². The lowest BCUT2D eigenvalue weighted by molar-refractivity contribution is -0.890. The first-order valence-corrected chi connectivity index (χ1v) is 7.46. The summed E-state index contributed by atoms with van der Waals surface area (Å²) in [6.07, 6.45) is 4.79. The van der Waals surface area contributed by atoms with Crippen LogP contribution < -0.4 is 0 Å². The first-order valence-electron chi connectivity index (χ1n) is 7.46. The first-order chi connectivity index (χ1) is 10.3. The number of likely N-dealkylation sites (N-methyl/N-ethyl adjacent to an activating group) is 1. The fourth-order valence-electron chi connectivity index (χ4n) is 2.62. The molecule has 0 saturated carbocycles. The summed E-state index contributed by atoms with van der Waals surface area (Å²) in [5.74, 6) is 0.